The van der Waals surface area contributed by atoms with Crippen LogP contribution in [0.15, 0.2) is 54.6 Å². The van der Waals surface area contributed by atoms with Crippen molar-refractivity contribution in [3.05, 3.63) is 65.7 Å². The van der Waals surface area contributed by atoms with E-state index in [4.69, 9.17) is 4.74 Å². The second kappa shape index (κ2) is 11.8. The first-order valence-electron chi connectivity index (χ1n) is 10.9. The van der Waals surface area contributed by atoms with Gasteiger partial charge in [-0.05, 0) is 61.3 Å². The summed E-state index contributed by atoms with van der Waals surface area (Å²) < 4.78 is 5.31. The molecule has 0 aliphatic carbocycles. The Bertz CT molecular complexity index is 851. The average molecular weight is 441 g/mol. The zero-order chi connectivity index (χ0) is 22.1. The van der Waals surface area contributed by atoms with Crippen LogP contribution >= 0.6 is 11.8 Å². The Morgan fingerprint density at radius 2 is 1.77 bits per heavy atom. The van der Waals surface area contributed by atoms with Crippen molar-refractivity contribution in [2.45, 2.75) is 31.7 Å². The molecule has 1 saturated heterocycles. The normalized spacial score (nSPS) is 15.4. The molecule has 3 rings (SSSR count). The molecule has 0 bridgehead atoms. The van der Waals surface area contributed by atoms with Crippen LogP contribution in [0.25, 0.3) is 0 Å². The highest BCUT2D eigenvalue weighted by atomic mass is 32.2. The Labute approximate surface area is 189 Å². The average Bonchev–Trinajstić information content (AvgIpc) is 2.82. The van der Waals surface area contributed by atoms with E-state index in [1.165, 1.54) is 5.56 Å². The van der Waals surface area contributed by atoms with E-state index in [0.29, 0.717) is 23.7 Å². The van der Waals surface area contributed by atoms with Crippen molar-refractivity contribution >= 4 is 23.6 Å². The molecular formula is C25H32N2O3S. The van der Waals surface area contributed by atoms with Gasteiger partial charge in [-0.15, -0.1) is 0 Å². The number of carbonyl (C=O) groups excluding carboxylic acids is 2. The van der Waals surface area contributed by atoms with Gasteiger partial charge in [0.15, 0.2) is 0 Å². The number of hydrogen-bond acceptors (Lipinski definition) is 4. The van der Waals surface area contributed by atoms with Crippen LogP contribution in [0, 0.1) is 5.92 Å². The number of nitrogens with zero attached hydrogens (tertiary/aromatic N) is 1. The summed E-state index contributed by atoms with van der Waals surface area (Å²) in [6.07, 6.45) is 5.68. The number of para-hydroxylation sites is 1. The summed E-state index contributed by atoms with van der Waals surface area (Å²) in [7, 11) is 1.54. The standard InChI is InChI=1S/C25H32N2O3S/c1-30-23-11-7-6-10-21(23)24(28)26-22(14-17-31-2)25(29)27-15-12-20(13-16-27)18-19-8-4-3-5-9-19/h3-11,20,22H,12-18H2,1-2H3,(H,26,28). The van der Waals surface area contributed by atoms with Gasteiger partial charge < -0.3 is 15.0 Å². The van der Waals surface area contributed by atoms with Crippen molar-refractivity contribution in [1.82, 2.24) is 10.2 Å². The summed E-state index contributed by atoms with van der Waals surface area (Å²) in [5, 5.41) is 2.97. The van der Waals surface area contributed by atoms with Crippen LogP contribution in [0.4, 0.5) is 0 Å². The number of likely N-dealkylation sites (tertiary alicyclic amines) is 1. The van der Waals surface area contributed by atoms with E-state index >= 15 is 0 Å². The largest absolute Gasteiger partial charge is 0.496 e. The molecule has 1 aliphatic heterocycles. The van der Waals surface area contributed by atoms with E-state index in [1.807, 2.05) is 23.3 Å². The molecule has 0 saturated carbocycles. The monoisotopic (exact) mass is 440 g/mol. The maximum atomic E-state index is 13.3. The predicted molar refractivity (Wildman–Crippen MR) is 127 cm³/mol. The van der Waals surface area contributed by atoms with Gasteiger partial charge in [-0.3, -0.25) is 9.59 Å². The third-order valence-corrected chi connectivity index (χ3v) is 6.50. The fourth-order valence-corrected chi connectivity index (χ4v) is 4.56. The van der Waals surface area contributed by atoms with Crippen LogP contribution in [0.5, 0.6) is 5.75 Å². The molecule has 0 aromatic heterocycles. The third-order valence-electron chi connectivity index (χ3n) is 5.86. The lowest BCUT2D eigenvalue weighted by molar-refractivity contribution is -0.134. The quantitative estimate of drug-likeness (QED) is 0.640. The molecule has 1 fully saturated rings. The second-order valence-corrected chi connectivity index (χ2v) is 8.95. The van der Waals surface area contributed by atoms with Crippen molar-refractivity contribution in [1.29, 1.82) is 0 Å². The van der Waals surface area contributed by atoms with Crippen LogP contribution in [-0.2, 0) is 11.2 Å². The van der Waals surface area contributed by atoms with Crippen molar-refractivity contribution < 1.29 is 14.3 Å². The van der Waals surface area contributed by atoms with Crippen LogP contribution in [0.1, 0.15) is 35.2 Å². The van der Waals surface area contributed by atoms with Gasteiger partial charge in [-0.1, -0.05) is 42.5 Å². The lowest BCUT2D eigenvalue weighted by Crippen LogP contribution is -2.51. The Balaban J connectivity index is 1.60. The Morgan fingerprint density at radius 1 is 1.10 bits per heavy atom. The minimum atomic E-state index is -0.518. The molecule has 2 amide bonds. The summed E-state index contributed by atoms with van der Waals surface area (Å²) in [5.74, 6) is 1.68. The Kier molecular flexibility index (Phi) is 8.83. The number of thioether (sulfide) groups is 1. The Morgan fingerprint density at radius 3 is 2.45 bits per heavy atom. The van der Waals surface area contributed by atoms with Gasteiger partial charge in [-0.25, -0.2) is 0 Å². The minimum Gasteiger partial charge on any atom is -0.496 e. The van der Waals surface area contributed by atoms with Gasteiger partial charge in [0.05, 0.1) is 12.7 Å². The number of nitrogens with one attached hydrogen (secondary N) is 1. The van der Waals surface area contributed by atoms with E-state index in [2.05, 4.69) is 29.6 Å². The van der Waals surface area contributed by atoms with E-state index in [-0.39, 0.29) is 11.8 Å². The SMILES string of the molecule is COc1ccccc1C(=O)NC(CCSC)C(=O)N1CCC(Cc2ccccc2)CC1. The number of ether oxygens (including phenoxy) is 1. The molecule has 6 heteroatoms. The summed E-state index contributed by atoms with van der Waals surface area (Å²) in [6, 6.07) is 17.1. The molecule has 1 atom stereocenters. The van der Waals surface area contributed by atoms with Crippen molar-refractivity contribution in [3.63, 3.8) is 0 Å². The highest BCUT2D eigenvalue weighted by Gasteiger charge is 2.29. The number of rotatable bonds is 9. The summed E-state index contributed by atoms with van der Waals surface area (Å²) in [4.78, 5) is 28.1. The van der Waals surface area contributed by atoms with Crippen LogP contribution in [0.2, 0.25) is 0 Å². The van der Waals surface area contributed by atoms with Gasteiger partial charge in [0.25, 0.3) is 5.91 Å². The molecule has 31 heavy (non-hydrogen) atoms. The molecule has 1 aliphatic rings. The second-order valence-electron chi connectivity index (χ2n) is 7.97. The fraction of sp³-hybridized carbons (Fsp3) is 0.440. The lowest BCUT2D eigenvalue weighted by atomic mass is 9.90. The molecule has 2 aromatic carbocycles. The van der Waals surface area contributed by atoms with Gasteiger partial charge in [0, 0.05) is 13.1 Å². The van der Waals surface area contributed by atoms with Crippen molar-refractivity contribution in [3.8, 4) is 5.75 Å². The van der Waals surface area contributed by atoms with Gasteiger partial charge >= 0.3 is 0 Å². The minimum absolute atomic E-state index is 0.0236. The zero-order valence-corrected chi connectivity index (χ0v) is 19.2. The van der Waals surface area contributed by atoms with Crippen LogP contribution in [-0.4, -0.2) is 55.0 Å². The van der Waals surface area contributed by atoms with E-state index in [9.17, 15) is 9.59 Å². The lowest BCUT2D eigenvalue weighted by Gasteiger charge is -2.34. The Hall–Kier alpha value is -2.47. The van der Waals surface area contributed by atoms with Gasteiger partial charge in [-0.2, -0.15) is 11.8 Å². The number of benzene rings is 2. The molecule has 1 N–H and O–H groups in total. The topological polar surface area (TPSA) is 58.6 Å². The number of amides is 2. The number of carbonyl (C=O) groups is 2. The maximum Gasteiger partial charge on any atom is 0.255 e. The molecule has 0 radical (unpaired) electrons. The van der Waals surface area contributed by atoms with E-state index in [1.54, 1.807) is 37.1 Å². The van der Waals surface area contributed by atoms with Crippen molar-refractivity contribution in [2.24, 2.45) is 5.92 Å². The highest BCUT2D eigenvalue weighted by Crippen LogP contribution is 2.23. The summed E-state index contributed by atoms with van der Waals surface area (Å²) >= 11 is 1.68. The first kappa shape index (κ1) is 23.2. The maximum absolute atomic E-state index is 13.3. The molecule has 5 nitrogen and oxygen atoms in total. The van der Waals surface area contributed by atoms with Gasteiger partial charge in [0.2, 0.25) is 5.91 Å². The molecule has 1 unspecified atom stereocenters. The molecule has 2 aromatic rings. The number of hydrogen-bond donors (Lipinski definition) is 1. The van der Waals surface area contributed by atoms with E-state index < -0.39 is 6.04 Å². The molecule has 1 heterocycles. The molecule has 166 valence electrons. The predicted octanol–water partition coefficient (Wildman–Crippen LogP) is 4.03. The van der Waals surface area contributed by atoms with Crippen molar-refractivity contribution in [2.75, 3.05) is 32.2 Å². The zero-order valence-electron chi connectivity index (χ0n) is 18.4. The van der Waals surface area contributed by atoms with Crippen LogP contribution in [0.3, 0.4) is 0 Å². The first-order valence-corrected chi connectivity index (χ1v) is 12.3. The molecular weight excluding hydrogens is 408 g/mol. The smallest absolute Gasteiger partial charge is 0.255 e. The van der Waals surface area contributed by atoms with E-state index in [0.717, 1.165) is 38.1 Å². The summed E-state index contributed by atoms with van der Waals surface area (Å²) in [5.41, 5.74) is 1.81. The highest BCUT2D eigenvalue weighted by molar-refractivity contribution is 7.98. The number of methoxy groups -OCH3 is 1. The third kappa shape index (κ3) is 6.50. The fourth-order valence-electron chi connectivity index (χ4n) is 4.09. The van der Waals surface area contributed by atoms with Crippen LogP contribution < -0.4 is 10.1 Å². The molecule has 0 spiro atoms. The summed E-state index contributed by atoms with van der Waals surface area (Å²) in [6.45, 7) is 1.49. The number of piperidine rings is 1. The first-order chi connectivity index (χ1) is 15.1. The van der Waals surface area contributed by atoms with Gasteiger partial charge in [0.1, 0.15) is 11.8 Å².